The lowest BCUT2D eigenvalue weighted by Crippen LogP contribution is -1.92. The van der Waals surface area contributed by atoms with E-state index in [9.17, 15) is 13.9 Å². The summed E-state index contributed by atoms with van der Waals surface area (Å²) in [5.74, 6) is -1.84. The Morgan fingerprint density at radius 2 is 2.12 bits per heavy atom. The summed E-state index contributed by atoms with van der Waals surface area (Å²) >= 11 is 4.27. The molecule has 0 aliphatic heterocycles. The zero-order chi connectivity index (χ0) is 12.6. The summed E-state index contributed by atoms with van der Waals surface area (Å²) < 4.78 is 26.3. The fourth-order valence-electron chi connectivity index (χ4n) is 1.29. The topological polar surface area (TPSA) is 33.1 Å². The van der Waals surface area contributed by atoms with Crippen molar-refractivity contribution in [2.45, 2.75) is 13.0 Å². The number of benzene rings is 1. The Hall–Kier alpha value is -0.850. The summed E-state index contributed by atoms with van der Waals surface area (Å²) in [5.41, 5.74) is 0.988. The van der Waals surface area contributed by atoms with Crippen molar-refractivity contribution in [3.8, 4) is 10.6 Å². The summed E-state index contributed by atoms with van der Waals surface area (Å²) in [6.45, 7) is 1.60. The minimum absolute atomic E-state index is 0.0454. The van der Waals surface area contributed by atoms with Crippen LogP contribution in [0, 0.1) is 11.6 Å². The number of thiazole rings is 1. The van der Waals surface area contributed by atoms with E-state index >= 15 is 0 Å². The number of hydrogen-bond acceptors (Lipinski definition) is 3. The summed E-state index contributed by atoms with van der Waals surface area (Å²) in [6.07, 6.45) is -0.677. The number of aliphatic hydroxyl groups is 1. The Labute approximate surface area is 109 Å². The third kappa shape index (κ3) is 2.38. The molecule has 0 radical (unpaired) electrons. The molecule has 6 heteroatoms. The first-order chi connectivity index (χ1) is 8.00. The highest BCUT2D eigenvalue weighted by molar-refractivity contribution is 9.10. The van der Waals surface area contributed by atoms with Crippen molar-refractivity contribution in [2.24, 2.45) is 0 Å². The van der Waals surface area contributed by atoms with E-state index in [1.54, 1.807) is 12.3 Å². The van der Waals surface area contributed by atoms with Crippen LogP contribution in [0.1, 0.15) is 18.7 Å². The average Bonchev–Trinajstić information content (AvgIpc) is 2.75. The molecule has 0 bridgehead atoms. The molecule has 0 saturated heterocycles. The smallest absolute Gasteiger partial charge is 0.173 e. The summed E-state index contributed by atoms with van der Waals surface area (Å²) in [4.78, 5) is 4.16. The van der Waals surface area contributed by atoms with Gasteiger partial charge in [0.2, 0.25) is 0 Å². The van der Waals surface area contributed by atoms with Gasteiger partial charge in [-0.15, -0.1) is 11.3 Å². The minimum atomic E-state index is -0.934. The number of halogens is 3. The molecule has 0 spiro atoms. The normalized spacial score (nSPS) is 12.8. The summed E-state index contributed by atoms with van der Waals surface area (Å²) in [6, 6.07) is 2.51. The molecule has 0 aliphatic carbocycles. The molecule has 1 atom stereocenters. The van der Waals surface area contributed by atoms with Gasteiger partial charge in [0.25, 0.3) is 0 Å². The molecule has 0 amide bonds. The van der Waals surface area contributed by atoms with E-state index < -0.39 is 17.7 Å². The zero-order valence-corrected chi connectivity index (χ0v) is 11.1. The fraction of sp³-hybridized carbons (Fsp3) is 0.182. The molecule has 2 rings (SSSR count). The standard InChI is InChI=1S/C11H8BrF2NOS/c1-5(16)8-4-17-11(15-8)6-2-3-7(13)10(14)9(6)12/h2-5,16H,1H3. The van der Waals surface area contributed by atoms with Gasteiger partial charge in [-0.05, 0) is 35.0 Å². The first-order valence-corrected chi connectivity index (χ1v) is 6.45. The van der Waals surface area contributed by atoms with Crippen molar-refractivity contribution in [2.75, 3.05) is 0 Å². The second-order valence-corrected chi connectivity index (χ2v) is 5.13. The van der Waals surface area contributed by atoms with Gasteiger partial charge >= 0.3 is 0 Å². The maximum atomic E-state index is 13.3. The van der Waals surface area contributed by atoms with Gasteiger partial charge in [0.1, 0.15) is 5.01 Å². The Bertz CT molecular complexity index is 556. The monoisotopic (exact) mass is 319 g/mol. The maximum Gasteiger partial charge on any atom is 0.173 e. The average molecular weight is 320 g/mol. The zero-order valence-electron chi connectivity index (χ0n) is 8.75. The van der Waals surface area contributed by atoms with Crippen LogP contribution in [0.4, 0.5) is 8.78 Å². The van der Waals surface area contributed by atoms with E-state index in [0.29, 0.717) is 16.3 Å². The second kappa shape index (κ2) is 4.80. The Kier molecular flexibility index (Phi) is 3.56. The van der Waals surface area contributed by atoms with Gasteiger partial charge in [0, 0.05) is 10.9 Å². The molecule has 0 aliphatic rings. The molecule has 2 aromatic rings. The molecule has 17 heavy (non-hydrogen) atoms. The van der Waals surface area contributed by atoms with Gasteiger partial charge in [-0.3, -0.25) is 0 Å². The second-order valence-electron chi connectivity index (χ2n) is 3.48. The maximum absolute atomic E-state index is 13.3. The first-order valence-electron chi connectivity index (χ1n) is 4.78. The van der Waals surface area contributed by atoms with Crippen LogP contribution < -0.4 is 0 Å². The molecule has 2 nitrogen and oxygen atoms in total. The molecule has 1 N–H and O–H groups in total. The lowest BCUT2D eigenvalue weighted by atomic mass is 10.2. The van der Waals surface area contributed by atoms with E-state index in [-0.39, 0.29) is 4.47 Å². The largest absolute Gasteiger partial charge is 0.387 e. The summed E-state index contributed by atoms with van der Waals surface area (Å²) in [7, 11) is 0. The number of aliphatic hydroxyl groups excluding tert-OH is 1. The Morgan fingerprint density at radius 3 is 2.71 bits per heavy atom. The highest BCUT2D eigenvalue weighted by Gasteiger charge is 2.16. The quantitative estimate of drug-likeness (QED) is 0.851. The van der Waals surface area contributed by atoms with E-state index in [2.05, 4.69) is 20.9 Å². The highest BCUT2D eigenvalue weighted by atomic mass is 79.9. The van der Waals surface area contributed by atoms with Gasteiger partial charge in [-0.2, -0.15) is 0 Å². The van der Waals surface area contributed by atoms with Crippen LogP contribution in [0.25, 0.3) is 10.6 Å². The minimum Gasteiger partial charge on any atom is -0.387 e. The molecule has 90 valence electrons. The Balaban J connectivity index is 2.49. The molecule has 1 heterocycles. The molecular formula is C11H8BrF2NOS. The van der Waals surface area contributed by atoms with Crippen LogP contribution in [0.2, 0.25) is 0 Å². The molecule has 1 aromatic heterocycles. The number of nitrogens with zero attached hydrogens (tertiary/aromatic N) is 1. The van der Waals surface area contributed by atoms with Gasteiger partial charge in [0.15, 0.2) is 11.6 Å². The molecule has 1 aromatic carbocycles. The Morgan fingerprint density at radius 1 is 1.41 bits per heavy atom. The lowest BCUT2D eigenvalue weighted by Gasteiger charge is -2.03. The van der Waals surface area contributed by atoms with Crippen LogP contribution >= 0.6 is 27.3 Å². The summed E-state index contributed by atoms with van der Waals surface area (Å²) in [5, 5.41) is 11.6. The van der Waals surface area contributed by atoms with Crippen molar-refractivity contribution in [1.82, 2.24) is 4.98 Å². The lowest BCUT2D eigenvalue weighted by molar-refractivity contribution is 0.195. The van der Waals surface area contributed by atoms with Crippen LogP contribution in [-0.2, 0) is 0 Å². The van der Waals surface area contributed by atoms with E-state index in [1.807, 2.05) is 0 Å². The van der Waals surface area contributed by atoms with Crippen molar-refractivity contribution in [3.63, 3.8) is 0 Å². The van der Waals surface area contributed by atoms with Crippen molar-refractivity contribution in [3.05, 3.63) is 39.3 Å². The first kappa shape index (κ1) is 12.6. The molecular weight excluding hydrogens is 312 g/mol. The predicted octanol–water partition coefficient (Wildman–Crippen LogP) is 3.90. The fourth-order valence-corrected chi connectivity index (χ4v) is 2.87. The molecule has 0 saturated carbocycles. The van der Waals surface area contributed by atoms with E-state index in [1.165, 1.54) is 17.4 Å². The van der Waals surface area contributed by atoms with E-state index in [0.717, 1.165) is 6.07 Å². The SMILES string of the molecule is CC(O)c1csc(-c2ccc(F)c(F)c2Br)n1. The number of hydrogen-bond donors (Lipinski definition) is 1. The molecule has 1 unspecified atom stereocenters. The third-order valence-electron chi connectivity index (χ3n) is 2.22. The van der Waals surface area contributed by atoms with Gasteiger partial charge < -0.3 is 5.11 Å². The number of rotatable bonds is 2. The van der Waals surface area contributed by atoms with Gasteiger partial charge in [-0.25, -0.2) is 13.8 Å². The van der Waals surface area contributed by atoms with Gasteiger partial charge in [-0.1, -0.05) is 0 Å². The van der Waals surface area contributed by atoms with Crippen molar-refractivity contribution in [1.29, 1.82) is 0 Å². The van der Waals surface area contributed by atoms with Crippen LogP contribution in [0.3, 0.4) is 0 Å². The predicted molar refractivity (Wildman–Crippen MR) is 65.8 cm³/mol. The van der Waals surface area contributed by atoms with Crippen molar-refractivity contribution < 1.29 is 13.9 Å². The van der Waals surface area contributed by atoms with Crippen LogP contribution in [0.5, 0.6) is 0 Å². The number of aromatic nitrogens is 1. The van der Waals surface area contributed by atoms with Crippen LogP contribution in [-0.4, -0.2) is 10.1 Å². The highest BCUT2D eigenvalue weighted by Crippen LogP contribution is 2.34. The van der Waals surface area contributed by atoms with E-state index in [4.69, 9.17) is 0 Å². The molecule has 0 fully saturated rings. The van der Waals surface area contributed by atoms with Crippen molar-refractivity contribution >= 4 is 27.3 Å². The third-order valence-corrected chi connectivity index (χ3v) is 3.88. The van der Waals surface area contributed by atoms with Gasteiger partial charge in [0.05, 0.1) is 16.3 Å². The van der Waals surface area contributed by atoms with Crippen LogP contribution in [0.15, 0.2) is 22.0 Å².